The van der Waals surface area contributed by atoms with E-state index in [0.717, 1.165) is 16.9 Å². The van der Waals surface area contributed by atoms with Gasteiger partial charge in [0.05, 0.1) is 11.3 Å². The smallest absolute Gasteiger partial charge is 0.257 e. The standard InChI is InChI=1S/C20H23N3O2/c1-4-22(5-2)20(24)17-10-6-7-11-18(17)25-14-16-13-23-12-8-9-15(3)19(23)21-16/h6-13H,4-5,14H2,1-3H3. The Kier molecular flexibility index (Phi) is 5.03. The molecule has 5 heteroatoms. The van der Waals surface area contributed by atoms with Crippen molar-refractivity contribution in [3.05, 3.63) is 65.6 Å². The molecule has 130 valence electrons. The Hall–Kier alpha value is -2.82. The number of carbonyl (C=O) groups is 1. The number of carbonyl (C=O) groups excluding carboxylic acids is 1. The second-order valence-electron chi connectivity index (χ2n) is 5.92. The molecule has 0 aliphatic rings. The number of rotatable bonds is 6. The Morgan fingerprint density at radius 2 is 1.92 bits per heavy atom. The molecule has 0 radical (unpaired) electrons. The summed E-state index contributed by atoms with van der Waals surface area (Å²) in [5.74, 6) is 0.583. The first-order valence-corrected chi connectivity index (χ1v) is 8.58. The SMILES string of the molecule is CCN(CC)C(=O)c1ccccc1OCc1cn2cccc(C)c2n1. The molecule has 0 aliphatic heterocycles. The monoisotopic (exact) mass is 337 g/mol. The molecule has 0 unspecified atom stereocenters. The molecular weight excluding hydrogens is 314 g/mol. The lowest BCUT2D eigenvalue weighted by atomic mass is 10.1. The zero-order chi connectivity index (χ0) is 17.8. The Balaban J connectivity index is 1.81. The van der Waals surface area contributed by atoms with Crippen LogP contribution in [-0.4, -0.2) is 33.3 Å². The normalized spacial score (nSPS) is 10.8. The number of nitrogens with zero attached hydrogens (tertiary/aromatic N) is 3. The van der Waals surface area contributed by atoms with Crippen LogP contribution in [0.2, 0.25) is 0 Å². The Labute approximate surface area is 147 Å². The third-order valence-corrected chi connectivity index (χ3v) is 4.27. The van der Waals surface area contributed by atoms with E-state index in [4.69, 9.17) is 4.74 Å². The topological polar surface area (TPSA) is 46.8 Å². The van der Waals surface area contributed by atoms with Crippen molar-refractivity contribution in [3.8, 4) is 5.75 Å². The second-order valence-corrected chi connectivity index (χ2v) is 5.92. The molecule has 0 N–H and O–H groups in total. The van der Waals surface area contributed by atoms with Gasteiger partial charge in [-0.2, -0.15) is 0 Å². The van der Waals surface area contributed by atoms with Crippen LogP contribution in [0.15, 0.2) is 48.8 Å². The van der Waals surface area contributed by atoms with Gasteiger partial charge in [-0.3, -0.25) is 4.79 Å². The molecule has 1 aromatic carbocycles. The minimum Gasteiger partial charge on any atom is -0.486 e. The molecule has 25 heavy (non-hydrogen) atoms. The number of benzene rings is 1. The quantitative estimate of drug-likeness (QED) is 0.689. The molecule has 0 bridgehead atoms. The molecule has 2 aromatic heterocycles. The summed E-state index contributed by atoms with van der Waals surface area (Å²) in [6, 6.07) is 11.4. The molecule has 0 saturated carbocycles. The van der Waals surface area contributed by atoms with Gasteiger partial charge >= 0.3 is 0 Å². The molecule has 0 spiro atoms. The minimum absolute atomic E-state index is 0.00792. The number of pyridine rings is 1. The van der Waals surface area contributed by atoms with E-state index in [0.29, 0.717) is 31.0 Å². The van der Waals surface area contributed by atoms with Crippen molar-refractivity contribution in [2.24, 2.45) is 0 Å². The highest BCUT2D eigenvalue weighted by Crippen LogP contribution is 2.21. The number of amides is 1. The van der Waals surface area contributed by atoms with Crippen LogP contribution < -0.4 is 4.74 Å². The third-order valence-electron chi connectivity index (χ3n) is 4.27. The number of ether oxygens (including phenoxy) is 1. The van der Waals surface area contributed by atoms with Crippen LogP contribution in [0.3, 0.4) is 0 Å². The summed E-state index contributed by atoms with van der Waals surface area (Å²) in [7, 11) is 0. The van der Waals surface area contributed by atoms with Crippen molar-refractivity contribution in [1.82, 2.24) is 14.3 Å². The summed E-state index contributed by atoms with van der Waals surface area (Å²) in [5, 5.41) is 0. The lowest BCUT2D eigenvalue weighted by Gasteiger charge is -2.20. The van der Waals surface area contributed by atoms with Crippen molar-refractivity contribution in [1.29, 1.82) is 0 Å². The first-order chi connectivity index (χ1) is 12.1. The van der Waals surface area contributed by atoms with E-state index in [9.17, 15) is 4.79 Å². The number of hydrogen-bond acceptors (Lipinski definition) is 3. The maximum Gasteiger partial charge on any atom is 0.257 e. The third kappa shape index (κ3) is 3.50. The fourth-order valence-corrected chi connectivity index (χ4v) is 2.88. The van der Waals surface area contributed by atoms with Crippen LogP contribution >= 0.6 is 0 Å². The van der Waals surface area contributed by atoms with E-state index < -0.39 is 0 Å². The molecule has 3 aromatic rings. The molecule has 0 aliphatic carbocycles. The number of para-hydroxylation sites is 1. The summed E-state index contributed by atoms with van der Waals surface area (Å²) < 4.78 is 7.92. The Bertz CT molecular complexity index is 882. The minimum atomic E-state index is -0.00792. The summed E-state index contributed by atoms with van der Waals surface area (Å²) in [5.41, 5.74) is 3.46. The lowest BCUT2D eigenvalue weighted by molar-refractivity contribution is 0.0768. The number of aromatic nitrogens is 2. The molecule has 3 rings (SSSR count). The molecule has 0 saturated heterocycles. The highest BCUT2D eigenvalue weighted by atomic mass is 16.5. The van der Waals surface area contributed by atoms with E-state index in [-0.39, 0.29) is 5.91 Å². The fraction of sp³-hybridized carbons (Fsp3) is 0.300. The Morgan fingerprint density at radius 3 is 2.64 bits per heavy atom. The summed E-state index contributed by atoms with van der Waals surface area (Å²) in [6.45, 7) is 7.66. The molecule has 5 nitrogen and oxygen atoms in total. The highest BCUT2D eigenvalue weighted by Gasteiger charge is 2.17. The van der Waals surface area contributed by atoms with Crippen LogP contribution in [0.4, 0.5) is 0 Å². The van der Waals surface area contributed by atoms with E-state index in [2.05, 4.69) is 4.98 Å². The fourth-order valence-electron chi connectivity index (χ4n) is 2.88. The van der Waals surface area contributed by atoms with Crippen LogP contribution in [0.5, 0.6) is 5.75 Å². The number of fused-ring (bicyclic) bond motifs is 1. The van der Waals surface area contributed by atoms with E-state index >= 15 is 0 Å². The van der Waals surface area contributed by atoms with Gasteiger partial charge in [0.15, 0.2) is 0 Å². The van der Waals surface area contributed by atoms with Crippen molar-refractivity contribution < 1.29 is 9.53 Å². The largest absolute Gasteiger partial charge is 0.486 e. The predicted molar refractivity (Wildman–Crippen MR) is 98.0 cm³/mol. The van der Waals surface area contributed by atoms with Gasteiger partial charge in [0.25, 0.3) is 5.91 Å². The van der Waals surface area contributed by atoms with Crippen molar-refractivity contribution in [3.63, 3.8) is 0 Å². The average molecular weight is 337 g/mol. The van der Waals surface area contributed by atoms with E-state index in [1.54, 1.807) is 4.90 Å². The summed E-state index contributed by atoms with van der Waals surface area (Å²) >= 11 is 0. The maximum atomic E-state index is 12.7. The average Bonchev–Trinajstić information content (AvgIpc) is 3.06. The number of aryl methyl sites for hydroxylation is 1. The van der Waals surface area contributed by atoms with Gasteiger partial charge in [-0.25, -0.2) is 4.98 Å². The van der Waals surface area contributed by atoms with Gasteiger partial charge in [0.2, 0.25) is 0 Å². The first-order valence-electron chi connectivity index (χ1n) is 8.58. The summed E-state index contributed by atoms with van der Waals surface area (Å²) in [4.78, 5) is 19.1. The second kappa shape index (κ2) is 7.38. The Morgan fingerprint density at radius 1 is 1.16 bits per heavy atom. The van der Waals surface area contributed by atoms with Gasteiger partial charge in [-0.1, -0.05) is 18.2 Å². The highest BCUT2D eigenvalue weighted by molar-refractivity contribution is 5.96. The van der Waals surface area contributed by atoms with Crippen LogP contribution in [0.25, 0.3) is 5.65 Å². The predicted octanol–water partition coefficient (Wildman–Crippen LogP) is 3.70. The molecule has 0 fully saturated rings. The lowest BCUT2D eigenvalue weighted by Crippen LogP contribution is -2.30. The van der Waals surface area contributed by atoms with E-state index in [1.807, 2.05) is 74.0 Å². The van der Waals surface area contributed by atoms with Crippen LogP contribution in [0, 0.1) is 6.92 Å². The van der Waals surface area contributed by atoms with Gasteiger partial charge in [0.1, 0.15) is 18.0 Å². The molecule has 0 atom stereocenters. The number of hydrogen-bond donors (Lipinski definition) is 0. The number of imidazole rings is 1. The molecule has 1 amide bonds. The molecular formula is C20H23N3O2. The summed E-state index contributed by atoms with van der Waals surface area (Å²) in [6.07, 6.45) is 3.92. The zero-order valence-electron chi connectivity index (χ0n) is 14.9. The van der Waals surface area contributed by atoms with E-state index in [1.165, 1.54) is 0 Å². The van der Waals surface area contributed by atoms with Crippen molar-refractivity contribution >= 4 is 11.6 Å². The van der Waals surface area contributed by atoms with Crippen molar-refractivity contribution in [2.75, 3.05) is 13.1 Å². The van der Waals surface area contributed by atoms with Gasteiger partial charge in [-0.05, 0) is 44.5 Å². The van der Waals surface area contributed by atoms with Crippen LogP contribution in [0.1, 0.15) is 35.5 Å². The van der Waals surface area contributed by atoms with Crippen molar-refractivity contribution in [2.45, 2.75) is 27.4 Å². The zero-order valence-corrected chi connectivity index (χ0v) is 14.9. The van der Waals surface area contributed by atoms with Crippen LogP contribution in [-0.2, 0) is 6.61 Å². The van der Waals surface area contributed by atoms with Gasteiger partial charge in [0, 0.05) is 25.5 Å². The van der Waals surface area contributed by atoms with Gasteiger partial charge in [-0.15, -0.1) is 0 Å². The molecule has 2 heterocycles. The maximum absolute atomic E-state index is 12.7. The van der Waals surface area contributed by atoms with Gasteiger partial charge < -0.3 is 14.0 Å². The first kappa shape index (κ1) is 17.0.